The second kappa shape index (κ2) is 12.0. The number of aromatic nitrogens is 1. The molecule has 1 aliphatic carbocycles. The summed E-state index contributed by atoms with van der Waals surface area (Å²) in [7, 11) is 4.64. The molecule has 0 unspecified atom stereocenters. The summed E-state index contributed by atoms with van der Waals surface area (Å²) in [6.45, 7) is 7.79. The SMILES string of the molecule is C=[N+]1C=CC=C[C-]1c1[c-]cccc1.C=[n+]1cccc/c1=C1/[C-]=CC=C[CH-]1.[Cl][Ir+2]. The zero-order valence-corrected chi connectivity index (χ0v) is 18.4. The van der Waals surface area contributed by atoms with Crippen LogP contribution in [0.2, 0.25) is 0 Å². The number of allylic oxidation sites excluding steroid dienone is 6. The van der Waals surface area contributed by atoms with Gasteiger partial charge in [-0.15, -0.1) is 29.8 Å². The van der Waals surface area contributed by atoms with Crippen LogP contribution in [-0.4, -0.2) is 11.3 Å². The molecule has 0 saturated carbocycles. The van der Waals surface area contributed by atoms with Gasteiger partial charge < -0.3 is 4.58 Å². The topological polar surface area (TPSA) is 8.91 Å². The number of halogens is 1. The van der Waals surface area contributed by atoms with E-state index in [-0.39, 0.29) is 0 Å². The van der Waals surface area contributed by atoms with Crippen LogP contribution in [0.25, 0.3) is 5.57 Å². The molecule has 0 radical (unpaired) electrons. The molecule has 0 atom stereocenters. The van der Waals surface area contributed by atoms with Gasteiger partial charge in [0.15, 0.2) is 6.20 Å². The van der Waals surface area contributed by atoms with E-state index in [9.17, 15) is 0 Å². The molecular weight excluding hydrogens is 544 g/mol. The van der Waals surface area contributed by atoms with Crippen LogP contribution in [0.5, 0.6) is 0 Å². The normalized spacial score (nSPS) is 15.8. The van der Waals surface area contributed by atoms with E-state index in [0.717, 1.165) is 22.5 Å². The molecule has 0 spiro atoms. The van der Waals surface area contributed by atoms with Crippen LogP contribution in [0.1, 0.15) is 5.56 Å². The molecule has 142 valence electrons. The molecular formula is C24H20ClIrN2. The van der Waals surface area contributed by atoms with E-state index >= 15 is 0 Å². The monoisotopic (exact) mass is 564 g/mol. The standard InChI is InChI=1S/2C12H10N.ClH.Ir/c2*1-13-10-6-5-9-12(13)11-7-3-2-4-8-11;;/h2*2-7,9-10H,1H2;1H;/q2*-1;;+3/p-1/b12-11-;;;. The van der Waals surface area contributed by atoms with Crippen LogP contribution in [0, 0.1) is 31.3 Å². The zero-order valence-electron chi connectivity index (χ0n) is 15.3. The Hall–Kier alpha value is -2.58. The van der Waals surface area contributed by atoms with Gasteiger partial charge in [0, 0.05) is 6.72 Å². The fraction of sp³-hybridized carbons (Fsp3) is 0. The van der Waals surface area contributed by atoms with Crippen molar-refractivity contribution in [3.05, 3.63) is 134 Å². The maximum absolute atomic E-state index is 4.64. The first kappa shape index (κ1) is 21.7. The Balaban J connectivity index is 0.000000184. The van der Waals surface area contributed by atoms with E-state index < -0.39 is 0 Å². The van der Waals surface area contributed by atoms with Crippen molar-refractivity contribution in [1.29, 1.82) is 0 Å². The Morgan fingerprint density at radius 1 is 1.04 bits per heavy atom. The van der Waals surface area contributed by atoms with Gasteiger partial charge >= 0.3 is 27.5 Å². The van der Waals surface area contributed by atoms with E-state index in [4.69, 9.17) is 0 Å². The van der Waals surface area contributed by atoms with Gasteiger partial charge in [-0.3, -0.25) is 10.3 Å². The van der Waals surface area contributed by atoms with Crippen molar-refractivity contribution in [2.24, 2.45) is 0 Å². The van der Waals surface area contributed by atoms with E-state index in [2.05, 4.69) is 35.2 Å². The summed E-state index contributed by atoms with van der Waals surface area (Å²) in [5, 5.41) is 1.07. The van der Waals surface area contributed by atoms with Gasteiger partial charge in [0.2, 0.25) is 0 Å². The number of hydrogen-bond acceptors (Lipinski definition) is 0. The fourth-order valence-electron chi connectivity index (χ4n) is 2.55. The van der Waals surface area contributed by atoms with Crippen molar-refractivity contribution in [2.45, 2.75) is 0 Å². The second-order valence-electron chi connectivity index (χ2n) is 5.66. The summed E-state index contributed by atoms with van der Waals surface area (Å²) in [4.78, 5) is 0. The van der Waals surface area contributed by atoms with E-state index in [1.807, 2.05) is 107 Å². The minimum absolute atomic E-state index is 1.07. The second-order valence-corrected chi connectivity index (χ2v) is 5.66. The van der Waals surface area contributed by atoms with E-state index in [1.54, 1.807) is 0 Å². The molecule has 1 aromatic heterocycles. The third kappa shape index (κ3) is 6.24. The molecule has 0 fully saturated rings. The molecule has 0 N–H and O–H groups in total. The number of nitrogens with zero attached hydrogens (tertiary/aromatic N) is 2. The Labute approximate surface area is 181 Å². The predicted molar refractivity (Wildman–Crippen MR) is 111 cm³/mol. The summed E-state index contributed by atoms with van der Waals surface area (Å²) in [6.07, 6.45) is 20.9. The van der Waals surface area contributed by atoms with Crippen LogP contribution in [0.15, 0.2) is 91.3 Å². The summed E-state index contributed by atoms with van der Waals surface area (Å²) in [5.41, 5.74) is 2.14. The van der Waals surface area contributed by atoms with Crippen LogP contribution in [-0.2, 0) is 17.9 Å². The number of benzene rings is 1. The predicted octanol–water partition coefficient (Wildman–Crippen LogP) is 3.75. The number of rotatable bonds is 1. The van der Waals surface area contributed by atoms with Crippen molar-refractivity contribution >= 4 is 21.9 Å². The number of hydrogen-bond donors (Lipinski definition) is 0. The zero-order chi connectivity index (χ0) is 20.2. The van der Waals surface area contributed by atoms with Gasteiger partial charge in [0.1, 0.15) is 6.72 Å². The first-order chi connectivity index (χ1) is 13.8. The molecule has 1 aromatic carbocycles. The van der Waals surface area contributed by atoms with Gasteiger partial charge in [0.25, 0.3) is 0 Å². The Bertz CT molecular complexity index is 1000. The van der Waals surface area contributed by atoms with Crippen LogP contribution < -0.4 is 9.59 Å². The molecule has 0 amide bonds. The molecule has 4 heteroatoms. The Morgan fingerprint density at radius 3 is 2.50 bits per heavy atom. The van der Waals surface area contributed by atoms with Gasteiger partial charge in [0.05, 0.1) is 17.6 Å². The Kier molecular flexibility index (Phi) is 9.30. The first-order valence-corrected chi connectivity index (χ1v) is 11.4. The van der Waals surface area contributed by atoms with Crippen LogP contribution in [0.3, 0.4) is 0 Å². The molecule has 2 aromatic rings. The Morgan fingerprint density at radius 2 is 1.86 bits per heavy atom. The van der Waals surface area contributed by atoms with E-state index in [0.29, 0.717) is 0 Å². The molecule has 4 rings (SSSR count). The van der Waals surface area contributed by atoms with Gasteiger partial charge in [-0.2, -0.15) is 18.2 Å². The number of pyridine rings is 1. The quantitative estimate of drug-likeness (QED) is 0.369. The van der Waals surface area contributed by atoms with Crippen molar-refractivity contribution in [1.82, 2.24) is 0 Å². The van der Waals surface area contributed by atoms with Crippen molar-refractivity contribution in [3.8, 4) is 0 Å². The molecule has 0 bridgehead atoms. The summed E-state index contributed by atoms with van der Waals surface area (Å²) in [5.74, 6) is 0. The third-order valence-electron chi connectivity index (χ3n) is 3.85. The summed E-state index contributed by atoms with van der Waals surface area (Å²) in [6, 6.07) is 18.1. The van der Waals surface area contributed by atoms with Crippen molar-refractivity contribution < 1.29 is 26.7 Å². The average molecular weight is 564 g/mol. The molecule has 28 heavy (non-hydrogen) atoms. The first-order valence-electron chi connectivity index (χ1n) is 8.45. The van der Waals surface area contributed by atoms with Gasteiger partial charge in [-0.25, -0.2) is 30.2 Å². The van der Waals surface area contributed by atoms with Crippen LogP contribution in [0.4, 0.5) is 0 Å². The van der Waals surface area contributed by atoms with Crippen molar-refractivity contribution in [2.75, 3.05) is 0 Å². The molecule has 2 heterocycles. The van der Waals surface area contributed by atoms with E-state index in [1.165, 1.54) is 17.9 Å². The minimum atomic E-state index is 1.07. The molecule has 0 saturated heterocycles. The third-order valence-corrected chi connectivity index (χ3v) is 3.85. The summed E-state index contributed by atoms with van der Waals surface area (Å²) < 4.78 is 3.68. The molecule has 2 nitrogen and oxygen atoms in total. The summed E-state index contributed by atoms with van der Waals surface area (Å²) >= 11 is 1.47. The average Bonchev–Trinajstić information content (AvgIpc) is 2.77. The van der Waals surface area contributed by atoms with Crippen molar-refractivity contribution in [3.63, 3.8) is 0 Å². The van der Waals surface area contributed by atoms with Crippen LogP contribution >= 0.6 is 9.58 Å². The fourth-order valence-corrected chi connectivity index (χ4v) is 2.55. The van der Waals surface area contributed by atoms with Gasteiger partial charge in [-0.05, 0) is 6.07 Å². The van der Waals surface area contributed by atoms with Gasteiger partial charge in [-0.1, -0.05) is 18.2 Å². The molecule has 1 aliphatic heterocycles. The molecule has 2 aliphatic rings. The maximum atomic E-state index is 4.64.